The van der Waals surface area contributed by atoms with Crippen LogP contribution < -0.4 is 5.43 Å². The van der Waals surface area contributed by atoms with Crippen LogP contribution in [0.15, 0.2) is 41.6 Å². The highest BCUT2D eigenvalue weighted by molar-refractivity contribution is 6.35. The maximum Gasteiger partial charge on any atom is 0.271 e. The molecule has 1 amide bonds. The van der Waals surface area contributed by atoms with Gasteiger partial charge in [-0.3, -0.25) is 4.79 Å². The monoisotopic (exact) mass is 353 g/mol. The minimum atomic E-state index is -1.48. The average Bonchev–Trinajstić information content (AvgIpc) is 2.88. The Morgan fingerprint density at radius 3 is 2.78 bits per heavy atom. The molecule has 122 valence electrons. The average molecular weight is 354 g/mol. The van der Waals surface area contributed by atoms with Crippen LogP contribution in [0.4, 0.5) is 0 Å². The van der Waals surface area contributed by atoms with Gasteiger partial charge < -0.3 is 9.67 Å². The van der Waals surface area contributed by atoms with E-state index in [4.69, 9.17) is 23.2 Å². The molecule has 0 bridgehead atoms. The van der Waals surface area contributed by atoms with Crippen LogP contribution in [-0.2, 0) is 11.3 Å². The van der Waals surface area contributed by atoms with Gasteiger partial charge in [-0.15, -0.1) is 0 Å². The van der Waals surface area contributed by atoms with Crippen molar-refractivity contribution in [3.8, 4) is 0 Å². The summed E-state index contributed by atoms with van der Waals surface area (Å²) in [4.78, 5) is 11.5. The Kier molecular flexibility index (Phi) is 5.46. The lowest BCUT2D eigenvalue weighted by Gasteiger charge is -2.13. The van der Waals surface area contributed by atoms with Gasteiger partial charge in [0.05, 0.1) is 11.9 Å². The smallest absolute Gasteiger partial charge is 0.271 e. The van der Waals surface area contributed by atoms with Gasteiger partial charge in [-0.2, -0.15) is 5.10 Å². The lowest BCUT2D eigenvalue weighted by molar-refractivity contribution is -0.136. The molecule has 7 heteroatoms. The summed E-state index contributed by atoms with van der Waals surface area (Å²) in [5, 5.41) is 14.6. The zero-order valence-corrected chi connectivity index (χ0v) is 14.3. The molecule has 0 unspecified atom stereocenters. The maximum atomic E-state index is 11.5. The number of hydrogen-bond acceptors (Lipinski definition) is 3. The van der Waals surface area contributed by atoms with E-state index >= 15 is 0 Å². The van der Waals surface area contributed by atoms with Gasteiger partial charge >= 0.3 is 0 Å². The molecule has 1 aromatic carbocycles. The first-order valence-corrected chi connectivity index (χ1v) is 7.68. The predicted octanol–water partition coefficient (Wildman–Crippen LogP) is 3.06. The van der Waals surface area contributed by atoms with E-state index in [1.165, 1.54) is 20.1 Å². The van der Waals surface area contributed by atoms with Crippen LogP contribution in [0.5, 0.6) is 0 Å². The van der Waals surface area contributed by atoms with E-state index in [1.54, 1.807) is 12.1 Å². The van der Waals surface area contributed by atoms with Gasteiger partial charge in [-0.05, 0) is 43.7 Å². The third-order valence-corrected chi connectivity index (χ3v) is 3.73. The maximum absolute atomic E-state index is 11.5. The molecule has 0 aliphatic rings. The van der Waals surface area contributed by atoms with E-state index in [0.717, 1.165) is 11.3 Å². The fourth-order valence-electron chi connectivity index (χ4n) is 1.82. The second kappa shape index (κ2) is 7.17. The van der Waals surface area contributed by atoms with Gasteiger partial charge in [0, 0.05) is 22.8 Å². The minimum absolute atomic E-state index is 0.545. The standard InChI is InChI=1S/C16H17Cl2N3O2/c1-16(2,23)15(22)20-19-9-13-4-3-7-21(13)10-11-5-6-12(17)8-14(11)18/h3-9,23H,10H2,1-2H3,(H,20,22)/b19-9+. The Labute approximate surface area is 144 Å². The number of halogens is 2. The number of nitrogens with one attached hydrogen (secondary N) is 1. The van der Waals surface area contributed by atoms with E-state index in [9.17, 15) is 9.90 Å². The molecule has 2 N–H and O–H groups in total. The van der Waals surface area contributed by atoms with Crippen molar-refractivity contribution in [3.05, 3.63) is 57.8 Å². The minimum Gasteiger partial charge on any atom is -0.381 e. The quantitative estimate of drug-likeness (QED) is 0.640. The summed E-state index contributed by atoms with van der Waals surface area (Å²) >= 11 is 12.1. The van der Waals surface area contributed by atoms with E-state index < -0.39 is 11.5 Å². The van der Waals surface area contributed by atoms with Crippen LogP contribution in [0.25, 0.3) is 0 Å². The second-order valence-electron chi connectivity index (χ2n) is 5.55. The molecule has 0 saturated heterocycles. The molecule has 1 heterocycles. The van der Waals surface area contributed by atoms with E-state index in [-0.39, 0.29) is 0 Å². The van der Waals surface area contributed by atoms with Crippen molar-refractivity contribution in [2.75, 3.05) is 0 Å². The van der Waals surface area contributed by atoms with E-state index in [0.29, 0.717) is 16.6 Å². The van der Waals surface area contributed by atoms with Crippen molar-refractivity contribution in [2.24, 2.45) is 5.10 Å². The van der Waals surface area contributed by atoms with Gasteiger partial charge in [0.25, 0.3) is 5.91 Å². The summed E-state index contributed by atoms with van der Waals surface area (Å²) in [7, 11) is 0. The largest absolute Gasteiger partial charge is 0.381 e. The van der Waals surface area contributed by atoms with Gasteiger partial charge in [0.2, 0.25) is 0 Å². The summed E-state index contributed by atoms with van der Waals surface area (Å²) in [5.41, 5.74) is 2.52. The number of aromatic nitrogens is 1. The van der Waals surface area contributed by atoms with Crippen molar-refractivity contribution < 1.29 is 9.90 Å². The molecular weight excluding hydrogens is 337 g/mol. The molecule has 0 fully saturated rings. The molecule has 2 aromatic rings. The van der Waals surface area contributed by atoms with Crippen LogP contribution in [0.3, 0.4) is 0 Å². The fraction of sp³-hybridized carbons (Fsp3) is 0.250. The lowest BCUT2D eigenvalue weighted by atomic mass is 10.1. The molecule has 0 aliphatic heterocycles. The van der Waals surface area contributed by atoms with Crippen LogP contribution >= 0.6 is 23.2 Å². The third kappa shape index (κ3) is 4.82. The highest BCUT2D eigenvalue weighted by Gasteiger charge is 2.22. The molecule has 5 nitrogen and oxygen atoms in total. The molecule has 23 heavy (non-hydrogen) atoms. The highest BCUT2D eigenvalue weighted by Crippen LogP contribution is 2.22. The van der Waals surface area contributed by atoms with Crippen molar-refractivity contribution >= 4 is 35.3 Å². The Hall–Kier alpha value is -1.82. The normalized spacial score (nSPS) is 11.9. The summed E-state index contributed by atoms with van der Waals surface area (Å²) < 4.78 is 1.93. The van der Waals surface area contributed by atoms with E-state index in [2.05, 4.69) is 10.5 Å². The van der Waals surface area contributed by atoms with Gasteiger partial charge in [0.1, 0.15) is 5.60 Å². The first-order valence-electron chi connectivity index (χ1n) is 6.92. The SMILES string of the molecule is CC(C)(O)C(=O)N/N=C/c1cccn1Cc1ccc(Cl)cc1Cl. The van der Waals surface area contributed by atoms with Crippen molar-refractivity contribution in [1.29, 1.82) is 0 Å². The molecule has 1 aromatic heterocycles. The van der Waals surface area contributed by atoms with Crippen molar-refractivity contribution in [3.63, 3.8) is 0 Å². The van der Waals surface area contributed by atoms with Crippen molar-refractivity contribution in [2.45, 2.75) is 26.0 Å². The number of carbonyl (C=O) groups excluding carboxylic acids is 1. The number of benzene rings is 1. The Morgan fingerprint density at radius 2 is 2.13 bits per heavy atom. The Morgan fingerprint density at radius 1 is 1.39 bits per heavy atom. The molecule has 0 radical (unpaired) electrons. The van der Waals surface area contributed by atoms with Crippen LogP contribution in [0.1, 0.15) is 25.1 Å². The Balaban J connectivity index is 2.09. The molecule has 0 saturated carbocycles. The molecular formula is C16H17Cl2N3O2. The molecule has 0 aliphatic carbocycles. The predicted molar refractivity (Wildman–Crippen MR) is 92.0 cm³/mol. The number of nitrogens with zero attached hydrogens (tertiary/aromatic N) is 2. The molecule has 2 rings (SSSR count). The highest BCUT2D eigenvalue weighted by atomic mass is 35.5. The summed E-state index contributed by atoms with van der Waals surface area (Å²) in [6.45, 7) is 3.33. The zero-order chi connectivity index (χ0) is 17.0. The molecule has 0 spiro atoms. The molecule has 0 atom stereocenters. The van der Waals surface area contributed by atoms with Gasteiger partial charge in [0.15, 0.2) is 0 Å². The zero-order valence-electron chi connectivity index (χ0n) is 12.8. The van der Waals surface area contributed by atoms with E-state index in [1.807, 2.05) is 29.0 Å². The topological polar surface area (TPSA) is 66.6 Å². The number of amides is 1. The first-order chi connectivity index (χ1) is 10.8. The number of hydrazone groups is 1. The summed E-state index contributed by atoms with van der Waals surface area (Å²) in [6, 6.07) is 9.05. The second-order valence-corrected chi connectivity index (χ2v) is 6.40. The fourth-order valence-corrected chi connectivity index (χ4v) is 2.28. The Bertz CT molecular complexity index is 733. The number of carbonyl (C=O) groups is 1. The van der Waals surface area contributed by atoms with Gasteiger partial charge in [-0.25, -0.2) is 5.43 Å². The van der Waals surface area contributed by atoms with Crippen LogP contribution in [0.2, 0.25) is 10.0 Å². The third-order valence-electron chi connectivity index (χ3n) is 3.14. The number of aliphatic hydroxyl groups is 1. The van der Waals surface area contributed by atoms with Crippen LogP contribution in [-0.4, -0.2) is 27.4 Å². The summed E-state index contributed by atoms with van der Waals surface area (Å²) in [5.74, 6) is -0.576. The first kappa shape index (κ1) is 17.5. The lowest BCUT2D eigenvalue weighted by Crippen LogP contribution is -2.39. The number of rotatable bonds is 5. The van der Waals surface area contributed by atoms with Crippen molar-refractivity contribution in [1.82, 2.24) is 9.99 Å². The van der Waals surface area contributed by atoms with Crippen LogP contribution in [0, 0.1) is 0 Å². The van der Waals surface area contributed by atoms with Gasteiger partial charge in [-0.1, -0.05) is 29.3 Å². The number of hydrogen-bond donors (Lipinski definition) is 2. The summed E-state index contributed by atoms with van der Waals surface area (Å²) in [6.07, 6.45) is 3.39.